The molecular formula is C11H12Cl3NO2. The van der Waals surface area contributed by atoms with Crippen molar-refractivity contribution in [3.63, 3.8) is 0 Å². The Morgan fingerprint density at radius 2 is 2.18 bits per heavy atom. The first-order valence-corrected chi connectivity index (χ1v) is 6.54. The van der Waals surface area contributed by atoms with Crippen molar-refractivity contribution in [1.29, 1.82) is 0 Å². The Labute approximate surface area is 115 Å². The fourth-order valence-corrected chi connectivity index (χ4v) is 2.47. The highest BCUT2D eigenvalue weighted by atomic mass is 35.5. The van der Waals surface area contributed by atoms with E-state index in [0.717, 1.165) is 25.9 Å². The number of rotatable bonds is 3. The van der Waals surface area contributed by atoms with Crippen LogP contribution in [0.15, 0.2) is 6.07 Å². The maximum absolute atomic E-state index is 6.02. The van der Waals surface area contributed by atoms with Crippen molar-refractivity contribution < 1.29 is 9.47 Å². The van der Waals surface area contributed by atoms with Gasteiger partial charge in [-0.05, 0) is 25.3 Å². The lowest BCUT2D eigenvalue weighted by atomic mass is 10.2. The van der Waals surface area contributed by atoms with E-state index in [0.29, 0.717) is 10.6 Å². The van der Waals surface area contributed by atoms with E-state index in [2.05, 4.69) is 4.98 Å². The van der Waals surface area contributed by atoms with Gasteiger partial charge in [-0.25, -0.2) is 4.98 Å². The van der Waals surface area contributed by atoms with Crippen LogP contribution >= 0.6 is 34.8 Å². The average molecular weight is 297 g/mol. The molecule has 1 atom stereocenters. The van der Waals surface area contributed by atoms with Crippen LogP contribution in [-0.4, -0.2) is 17.9 Å². The van der Waals surface area contributed by atoms with Crippen LogP contribution in [0.25, 0.3) is 0 Å². The van der Waals surface area contributed by atoms with Gasteiger partial charge < -0.3 is 9.47 Å². The molecule has 0 spiro atoms. The number of nitrogens with zero attached hydrogens (tertiary/aromatic N) is 1. The molecular weight excluding hydrogens is 284 g/mol. The Hall–Kier alpha value is -0.0600. The predicted octanol–water partition coefficient (Wildman–Crippen LogP) is 4.09. The van der Waals surface area contributed by atoms with Crippen molar-refractivity contribution in [2.24, 2.45) is 0 Å². The molecule has 1 fully saturated rings. The molecule has 0 saturated carbocycles. The van der Waals surface area contributed by atoms with E-state index < -0.39 is 0 Å². The number of pyridine rings is 1. The SMILES string of the molecule is Clc1cc(Cl)c(COC2CCCCO2)c(Cl)n1. The van der Waals surface area contributed by atoms with Crippen LogP contribution < -0.4 is 0 Å². The molecule has 1 aliphatic rings. The summed E-state index contributed by atoms with van der Waals surface area (Å²) in [5, 5.41) is 1.02. The molecule has 0 bridgehead atoms. The van der Waals surface area contributed by atoms with Crippen molar-refractivity contribution in [3.8, 4) is 0 Å². The van der Waals surface area contributed by atoms with Crippen LogP contribution in [0, 0.1) is 0 Å². The molecule has 17 heavy (non-hydrogen) atoms. The van der Waals surface area contributed by atoms with Gasteiger partial charge in [0.1, 0.15) is 10.3 Å². The molecule has 0 aromatic carbocycles. The predicted molar refractivity (Wildman–Crippen MR) is 67.6 cm³/mol. The minimum absolute atomic E-state index is 0.174. The second-order valence-electron chi connectivity index (χ2n) is 3.80. The Kier molecular flexibility index (Phi) is 4.88. The van der Waals surface area contributed by atoms with Gasteiger partial charge in [0.2, 0.25) is 0 Å². The first kappa shape index (κ1) is 13.4. The number of hydrogen-bond donors (Lipinski definition) is 0. The highest BCUT2D eigenvalue weighted by Crippen LogP contribution is 2.27. The zero-order valence-corrected chi connectivity index (χ0v) is 11.4. The maximum Gasteiger partial charge on any atom is 0.158 e. The lowest BCUT2D eigenvalue weighted by Gasteiger charge is -2.23. The van der Waals surface area contributed by atoms with Crippen LogP contribution in [0.4, 0.5) is 0 Å². The molecule has 1 aromatic rings. The summed E-state index contributed by atoms with van der Waals surface area (Å²) < 4.78 is 11.0. The third-order valence-corrected chi connectivity index (χ3v) is 3.38. The van der Waals surface area contributed by atoms with Crippen molar-refractivity contribution in [1.82, 2.24) is 4.98 Å². The molecule has 1 aromatic heterocycles. The smallest absolute Gasteiger partial charge is 0.158 e. The van der Waals surface area contributed by atoms with Crippen LogP contribution in [0.5, 0.6) is 0 Å². The number of hydrogen-bond acceptors (Lipinski definition) is 3. The average Bonchev–Trinajstić information content (AvgIpc) is 2.29. The summed E-state index contributed by atoms with van der Waals surface area (Å²) in [5.41, 5.74) is 0.645. The molecule has 0 aliphatic carbocycles. The molecule has 1 unspecified atom stereocenters. The fraction of sp³-hybridized carbons (Fsp3) is 0.545. The number of halogens is 3. The van der Waals surface area contributed by atoms with E-state index >= 15 is 0 Å². The standard InChI is InChI=1S/C11H12Cl3NO2/c12-8-5-9(13)15-11(14)7(8)6-17-10-3-1-2-4-16-10/h5,10H,1-4,6H2. The van der Waals surface area contributed by atoms with E-state index in [4.69, 9.17) is 44.3 Å². The van der Waals surface area contributed by atoms with Crippen molar-refractivity contribution in [3.05, 3.63) is 27.0 Å². The minimum Gasteiger partial charge on any atom is -0.353 e. The van der Waals surface area contributed by atoms with Crippen molar-refractivity contribution >= 4 is 34.8 Å². The third-order valence-electron chi connectivity index (χ3n) is 2.54. The van der Waals surface area contributed by atoms with E-state index in [1.54, 1.807) is 6.07 Å². The monoisotopic (exact) mass is 295 g/mol. The first-order valence-electron chi connectivity index (χ1n) is 5.40. The summed E-state index contributed by atoms with van der Waals surface area (Å²) in [4.78, 5) is 3.92. The highest BCUT2D eigenvalue weighted by molar-refractivity contribution is 6.37. The van der Waals surface area contributed by atoms with Gasteiger partial charge >= 0.3 is 0 Å². The second kappa shape index (κ2) is 6.21. The van der Waals surface area contributed by atoms with E-state index in [-0.39, 0.29) is 23.2 Å². The van der Waals surface area contributed by atoms with Gasteiger partial charge in [-0.1, -0.05) is 34.8 Å². The molecule has 2 heterocycles. The Morgan fingerprint density at radius 3 is 2.82 bits per heavy atom. The van der Waals surface area contributed by atoms with E-state index in [9.17, 15) is 0 Å². The Balaban J connectivity index is 1.98. The molecule has 6 heteroatoms. The van der Waals surface area contributed by atoms with Gasteiger partial charge in [-0.15, -0.1) is 0 Å². The molecule has 0 radical (unpaired) electrons. The van der Waals surface area contributed by atoms with Gasteiger partial charge in [0.15, 0.2) is 6.29 Å². The fourth-order valence-electron chi connectivity index (χ4n) is 1.63. The number of ether oxygens (including phenoxy) is 2. The van der Waals surface area contributed by atoms with Crippen LogP contribution in [0.1, 0.15) is 24.8 Å². The van der Waals surface area contributed by atoms with Gasteiger partial charge in [-0.2, -0.15) is 0 Å². The lowest BCUT2D eigenvalue weighted by molar-refractivity contribution is -0.168. The quantitative estimate of drug-likeness (QED) is 0.787. The zero-order valence-electron chi connectivity index (χ0n) is 9.09. The zero-order chi connectivity index (χ0) is 12.3. The van der Waals surface area contributed by atoms with Crippen LogP contribution in [0.2, 0.25) is 15.3 Å². The topological polar surface area (TPSA) is 31.4 Å². The maximum atomic E-state index is 6.02. The largest absolute Gasteiger partial charge is 0.353 e. The molecule has 1 saturated heterocycles. The molecule has 3 nitrogen and oxygen atoms in total. The third kappa shape index (κ3) is 3.70. The summed E-state index contributed by atoms with van der Waals surface area (Å²) in [5.74, 6) is 0. The normalized spacial score (nSPS) is 20.5. The Bertz CT molecular complexity index is 371. The molecule has 0 amide bonds. The Morgan fingerprint density at radius 1 is 1.35 bits per heavy atom. The van der Waals surface area contributed by atoms with Crippen LogP contribution in [-0.2, 0) is 16.1 Å². The summed E-state index contributed by atoms with van der Waals surface area (Å²) in [6.45, 7) is 1.03. The number of aromatic nitrogens is 1. The lowest BCUT2D eigenvalue weighted by Crippen LogP contribution is -2.22. The van der Waals surface area contributed by atoms with Gasteiger partial charge in [0.05, 0.1) is 11.6 Å². The summed E-state index contributed by atoms with van der Waals surface area (Å²) >= 11 is 17.7. The second-order valence-corrected chi connectivity index (χ2v) is 4.96. The van der Waals surface area contributed by atoms with Gasteiger partial charge in [0.25, 0.3) is 0 Å². The van der Waals surface area contributed by atoms with Crippen LogP contribution in [0.3, 0.4) is 0 Å². The minimum atomic E-state index is -0.174. The van der Waals surface area contributed by atoms with E-state index in [1.165, 1.54) is 0 Å². The summed E-state index contributed by atoms with van der Waals surface area (Å²) in [6, 6.07) is 1.55. The van der Waals surface area contributed by atoms with Gasteiger partial charge in [0, 0.05) is 12.2 Å². The van der Waals surface area contributed by atoms with Crippen molar-refractivity contribution in [2.75, 3.05) is 6.61 Å². The first-order chi connectivity index (χ1) is 8.16. The molecule has 1 aliphatic heterocycles. The highest BCUT2D eigenvalue weighted by Gasteiger charge is 2.16. The van der Waals surface area contributed by atoms with Gasteiger partial charge in [-0.3, -0.25) is 0 Å². The molecule has 0 N–H and O–H groups in total. The summed E-state index contributed by atoms with van der Waals surface area (Å²) in [6.07, 6.45) is 2.93. The summed E-state index contributed by atoms with van der Waals surface area (Å²) in [7, 11) is 0. The van der Waals surface area contributed by atoms with Crippen molar-refractivity contribution in [2.45, 2.75) is 32.2 Å². The molecule has 2 rings (SSSR count). The van der Waals surface area contributed by atoms with E-state index in [1.807, 2.05) is 0 Å². The molecule has 94 valence electrons.